The summed E-state index contributed by atoms with van der Waals surface area (Å²) in [6.45, 7) is 0. The fourth-order valence-corrected chi connectivity index (χ4v) is 12.9. The van der Waals surface area contributed by atoms with Gasteiger partial charge in [-0.25, -0.2) is 5.14 Å². The van der Waals surface area contributed by atoms with Crippen molar-refractivity contribution in [3.63, 3.8) is 0 Å². The third-order valence-corrected chi connectivity index (χ3v) is 14.6. The molecule has 9 aliphatic rings. The molecule has 256 valence electrons. The topological polar surface area (TPSA) is 166 Å². The van der Waals surface area contributed by atoms with Crippen LogP contribution in [0.25, 0.3) is 0 Å². The van der Waals surface area contributed by atoms with Crippen molar-refractivity contribution in [1.29, 1.82) is 0 Å². The molecular weight excluding hydrogens is 656 g/mol. The predicted molar refractivity (Wildman–Crippen MR) is 171 cm³/mol. The Kier molecular flexibility index (Phi) is 9.69. The minimum atomic E-state index is -4.05. The van der Waals surface area contributed by atoms with Crippen LogP contribution >= 0.6 is 0 Å². The fourth-order valence-electron chi connectivity index (χ4n) is 12.3. The maximum absolute atomic E-state index is 12.3. The van der Waals surface area contributed by atoms with E-state index in [4.69, 9.17) is 9.32 Å². The molecule has 9 rings (SSSR count). The molecule has 10 N–H and O–H groups in total. The number of hydrogen-bond acceptors (Lipinski definition) is 11. The minimum absolute atomic E-state index is 0. The molecule has 12 nitrogen and oxygen atoms in total. The Labute approximate surface area is 288 Å². The second kappa shape index (κ2) is 13.4. The summed E-state index contributed by atoms with van der Waals surface area (Å²) in [7, 11) is -4.05. The average molecular weight is 713 g/mol. The van der Waals surface area contributed by atoms with Gasteiger partial charge in [0.15, 0.2) is 0 Å². The first kappa shape index (κ1) is 33.3. The monoisotopic (exact) mass is 711 g/mol. The van der Waals surface area contributed by atoms with Crippen molar-refractivity contribution >= 4 is 10.3 Å². The standard InChI is InChI=1S/C32H57N9O3S.Zn/c33-45(42,43)44-23-15-7-14-22-24(23)32-40-30-21-13-6-5-12-20(21)28(38-30)36-26-17-9-2-1-8-16(17)25(34-26)35-27-18-10-3-4-11-19(18)29(37-27)39-31(22)41-32;/h16-32,34-41H,1-15H2,(H2,33,42,43);. The third-order valence-electron chi connectivity index (χ3n) is 14.1. The SMILES string of the molecule is NS(=O)(=O)OC1CCCC2C3NC4NC(NC5NC(NC6NC(NC(N3)C12)C1CCCCC61)C1CCCCC51)C1CCCCC41.[Zn]. The van der Waals surface area contributed by atoms with Crippen LogP contribution in [0.4, 0.5) is 0 Å². The first-order valence-electron chi connectivity index (χ1n) is 18.7. The smallest absolute Gasteiger partial charge is 0.286 e. The Bertz CT molecular complexity index is 1200. The normalized spacial score (nSPS) is 53.4. The number of hydrogen-bond donors (Lipinski definition) is 9. The van der Waals surface area contributed by atoms with Gasteiger partial charge in [-0.15, -0.1) is 0 Å². The second-order valence-corrected chi connectivity index (χ2v) is 17.5. The van der Waals surface area contributed by atoms with Crippen LogP contribution in [0.2, 0.25) is 0 Å². The van der Waals surface area contributed by atoms with Gasteiger partial charge in [0.1, 0.15) is 0 Å². The zero-order chi connectivity index (χ0) is 30.3. The molecule has 5 saturated heterocycles. The molecule has 4 aliphatic carbocycles. The second-order valence-electron chi connectivity index (χ2n) is 16.3. The van der Waals surface area contributed by atoms with E-state index in [-0.39, 0.29) is 68.3 Å². The first-order chi connectivity index (χ1) is 21.9. The number of fused-ring (bicyclic) bond motifs is 20. The van der Waals surface area contributed by atoms with Crippen LogP contribution in [0.1, 0.15) is 96.3 Å². The summed E-state index contributed by atoms with van der Waals surface area (Å²) in [5.74, 6) is 3.90. The van der Waals surface area contributed by atoms with E-state index in [2.05, 4.69) is 42.5 Å². The van der Waals surface area contributed by atoms with Crippen LogP contribution in [-0.2, 0) is 34.0 Å². The Morgan fingerprint density at radius 1 is 0.413 bits per heavy atom. The van der Waals surface area contributed by atoms with Crippen molar-refractivity contribution in [2.75, 3.05) is 0 Å². The molecule has 5 heterocycles. The molecule has 0 spiro atoms. The van der Waals surface area contributed by atoms with E-state index in [9.17, 15) is 8.42 Å². The summed E-state index contributed by atoms with van der Waals surface area (Å²) in [6.07, 6.45) is 19.3. The molecule has 14 heteroatoms. The van der Waals surface area contributed by atoms with E-state index in [1.807, 2.05) is 0 Å². The molecule has 9 fully saturated rings. The van der Waals surface area contributed by atoms with E-state index < -0.39 is 16.4 Å². The molecule has 5 aliphatic heterocycles. The molecule has 0 radical (unpaired) electrons. The van der Waals surface area contributed by atoms with Crippen LogP contribution < -0.4 is 47.7 Å². The molecule has 0 aromatic heterocycles. The van der Waals surface area contributed by atoms with E-state index >= 15 is 0 Å². The van der Waals surface area contributed by atoms with Crippen molar-refractivity contribution < 1.29 is 32.1 Å². The van der Waals surface area contributed by atoms with Crippen molar-refractivity contribution in [3.8, 4) is 0 Å². The summed E-state index contributed by atoms with van der Waals surface area (Å²) < 4.78 is 30.2. The van der Waals surface area contributed by atoms with Gasteiger partial charge in [-0.05, 0) is 92.8 Å². The van der Waals surface area contributed by atoms with Crippen molar-refractivity contribution in [2.24, 2.45) is 52.5 Å². The van der Waals surface area contributed by atoms with E-state index in [1.54, 1.807) is 0 Å². The van der Waals surface area contributed by atoms with Gasteiger partial charge < -0.3 is 0 Å². The molecule has 0 aromatic rings. The molecule has 4 saturated carbocycles. The van der Waals surface area contributed by atoms with Crippen molar-refractivity contribution in [3.05, 3.63) is 0 Å². The molecule has 17 atom stereocenters. The van der Waals surface area contributed by atoms with E-state index in [0.29, 0.717) is 54.3 Å². The first-order valence-corrected chi connectivity index (χ1v) is 20.2. The molecule has 46 heavy (non-hydrogen) atoms. The van der Waals surface area contributed by atoms with Crippen molar-refractivity contribution in [2.45, 2.75) is 152 Å². The summed E-state index contributed by atoms with van der Waals surface area (Å²) in [5.41, 5.74) is 0. The number of nitrogens with two attached hydrogens (primary N) is 1. The van der Waals surface area contributed by atoms with Gasteiger partial charge in [-0.1, -0.05) is 44.9 Å². The van der Waals surface area contributed by atoms with E-state index in [0.717, 1.165) is 12.8 Å². The van der Waals surface area contributed by atoms with Gasteiger partial charge in [0, 0.05) is 25.4 Å². The zero-order valence-electron chi connectivity index (χ0n) is 27.3. The summed E-state index contributed by atoms with van der Waals surface area (Å²) >= 11 is 0. The summed E-state index contributed by atoms with van der Waals surface area (Å²) in [5, 5.41) is 38.3. The Hall–Kier alpha value is 0.173. The molecule has 0 amide bonds. The van der Waals surface area contributed by atoms with Crippen LogP contribution in [0.15, 0.2) is 0 Å². The molecule has 8 bridgehead atoms. The summed E-state index contributed by atoms with van der Waals surface area (Å²) in [4.78, 5) is 0. The largest absolute Gasteiger partial charge is 0.333 e. The van der Waals surface area contributed by atoms with Gasteiger partial charge in [-0.3, -0.25) is 46.7 Å². The number of nitrogens with one attached hydrogen (secondary N) is 8. The van der Waals surface area contributed by atoms with Crippen molar-refractivity contribution in [1.82, 2.24) is 42.5 Å². The Morgan fingerprint density at radius 2 is 0.696 bits per heavy atom. The molecule has 17 unspecified atom stereocenters. The van der Waals surface area contributed by atoms with Gasteiger partial charge in [0.25, 0.3) is 0 Å². The molecular formula is C32H57N9O3SZn. The zero-order valence-corrected chi connectivity index (χ0v) is 31.1. The Balaban J connectivity index is 0.00000312. The van der Waals surface area contributed by atoms with Crippen LogP contribution in [0.5, 0.6) is 0 Å². The van der Waals surface area contributed by atoms with Gasteiger partial charge in [0.2, 0.25) is 0 Å². The average Bonchev–Trinajstić information content (AvgIpc) is 3.76. The maximum Gasteiger partial charge on any atom is 0.333 e. The third kappa shape index (κ3) is 6.10. The van der Waals surface area contributed by atoms with Crippen LogP contribution in [0.3, 0.4) is 0 Å². The minimum Gasteiger partial charge on any atom is -0.286 e. The number of rotatable bonds is 2. The fraction of sp³-hybridized carbons (Fsp3) is 1.00. The Morgan fingerprint density at radius 3 is 1.02 bits per heavy atom. The van der Waals surface area contributed by atoms with Gasteiger partial charge >= 0.3 is 10.3 Å². The van der Waals surface area contributed by atoms with E-state index in [1.165, 1.54) is 77.0 Å². The predicted octanol–water partition coefficient (Wildman–Crippen LogP) is 0.802. The quantitative estimate of drug-likeness (QED) is 0.186. The summed E-state index contributed by atoms with van der Waals surface area (Å²) in [6, 6.07) is 0. The van der Waals surface area contributed by atoms with Crippen LogP contribution in [-0.4, -0.2) is 63.8 Å². The van der Waals surface area contributed by atoms with Gasteiger partial charge in [0.05, 0.1) is 55.4 Å². The van der Waals surface area contributed by atoms with Gasteiger partial charge in [-0.2, -0.15) is 8.42 Å². The molecule has 0 aromatic carbocycles. The maximum atomic E-state index is 12.3. The van der Waals surface area contributed by atoms with Crippen LogP contribution in [0, 0.1) is 47.3 Å².